The lowest BCUT2D eigenvalue weighted by atomic mass is 10.1. The Morgan fingerprint density at radius 2 is 2.07 bits per heavy atom. The molecule has 2 atom stereocenters. The quantitative estimate of drug-likeness (QED) is 0.668. The van der Waals surface area contributed by atoms with Gasteiger partial charge in [0.1, 0.15) is 0 Å². The Labute approximate surface area is 96.4 Å². The van der Waals surface area contributed by atoms with Gasteiger partial charge in [0.15, 0.2) is 0 Å². The van der Waals surface area contributed by atoms with E-state index < -0.39 is 0 Å². The first-order valence-corrected chi connectivity index (χ1v) is 6.31. The maximum Gasteiger partial charge on any atom is 0.223 e. The molecule has 2 rings (SSSR count). The van der Waals surface area contributed by atoms with Crippen molar-refractivity contribution in [2.45, 2.75) is 37.8 Å². The van der Waals surface area contributed by atoms with Crippen molar-refractivity contribution in [3.63, 3.8) is 0 Å². The number of hydrogen-bond acceptors (Lipinski definition) is 2. The summed E-state index contributed by atoms with van der Waals surface area (Å²) in [5.41, 5.74) is 0. The molecular formula is C11H19ClN2O. The summed E-state index contributed by atoms with van der Waals surface area (Å²) in [6, 6.07) is 1.28. The first kappa shape index (κ1) is 11.2. The van der Waals surface area contributed by atoms with Crippen LogP contribution in [0, 0.1) is 0 Å². The standard InChI is InChI=1S/C11H19ClN2O/c1-13-9-2-3-10(13)8-14(7-5-9)11(15)4-6-12/h9-10H,2-8H2,1H3. The summed E-state index contributed by atoms with van der Waals surface area (Å²) in [6.07, 6.45) is 4.16. The predicted molar refractivity (Wildman–Crippen MR) is 61.1 cm³/mol. The maximum atomic E-state index is 11.8. The van der Waals surface area contributed by atoms with Crippen LogP contribution in [0.4, 0.5) is 0 Å². The number of fused-ring (bicyclic) bond motifs is 2. The number of halogens is 1. The average molecular weight is 231 g/mol. The Bertz CT molecular complexity index is 247. The summed E-state index contributed by atoms with van der Waals surface area (Å²) in [6.45, 7) is 1.82. The zero-order valence-corrected chi connectivity index (χ0v) is 10.0. The third kappa shape index (κ3) is 2.28. The Morgan fingerprint density at radius 1 is 1.33 bits per heavy atom. The van der Waals surface area contributed by atoms with Crippen molar-refractivity contribution in [2.24, 2.45) is 0 Å². The fourth-order valence-electron chi connectivity index (χ4n) is 2.77. The molecule has 2 aliphatic rings. The lowest BCUT2D eigenvalue weighted by molar-refractivity contribution is -0.131. The lowest BCUT2D eigenvalue weighted by Gasteiger charge is -2.25. The maximum absolute atomic E-state index is 11.8. The second-order valence-electron chi connectivity index (χ2n) is 4.62. The van der Waals surface area contributed by atoms with Gasteiger partial charge in [-0.25, -0.2) is 0 Å². The second kappa shape index (κ2) is 4.71. The van der Waals surface area contributed by atoms with Crippen LogP contribution in [0.2, 0.25) is 0 Å². The number of carbonyl (C=O) groups excluding carboxylic acids is 1. The van der Waals surface area contributed by atoms with Gasteiger partial charge in [-0.3, -0.25) is 9.69 Å². The SMILES string of the molecule is CN1C2CCC1CN(C(=O)CCCl)CC2. The zero-order valence-electron chi connectivity index (χ0n) is 9.29. The van der Waals surface area contributed by atoms with Gasteiger partial charge in [-0.05, 0) is 26.3 Å². The number of alkyl halides is 1. The van der Waals surface area contributed by atoms with E-state index in [4.69, 9.17) is 11.6 Å². The van der Waals surface area contributed by atoms with Crippen LogP contribution in [0.15, 0.2) is 0 Å². The number of carbonyl (C=O) groups is 1. The van der Waals surface area contributed by atoms with Crippen LogP contribution in [0.5, 0.6) is 0 Å². The molecule has 2 saturated heterocycles. The minimum Gasteiger partial charge on any atom is -0.341 e. The molecule has 3 nitrogen and oxygen atoms in total. The monoisotopic (exact) mass is 230 g/mol. The van der Waals surface area contributed by atoms with Crippen molar-refractivity contribution in [3.05, 3.63) is 0 Å². The first-order chi connectivity index (χ1) is 7.22. The van der Waals surface area contributed by atoms with Gasteiger partial charge in [0.2, 0.25) is 5.91 Å². The van der Waals surface area contributed by atoms with Gasteiger partial charge in [0.05, 0.1) is 0 Å². The molecule has 2 unspecified atom stereocenters. The van der Waals surface area contributed by atoms with Crippen molar-refractivity contribution in [2.75, 3.05) is 26.0 Å². The van der Waals surface area contributed by atoms with Crippen molar-refractivity contribution in [3.8, 4) is 0 Å². The van der Waals surface area contributed by atoms with Crippen LogP contribution >= 0.6 is 11.6 Å². The summed E-state index contributed by atoms with van der Waals surface area (Å²) >= 11 is 5.61. The minimum atomic E-state index is 0.228. The normalized spacial score (nSPS) is 31.7. The molecule has 4 heteroatoms. The van der Waals surface area contributed by atoms with Gasteiger partial charge in [0, 0.05) is 37.5 Å². The van der Waals surface area contributed by atoms with Gasteiger partial charge >= 0.3 is 0 Å². The fraction of sp³-hybridized carbons (Fsp3) is 0.909. The van der Waals surface area contributed by atoms with E-state index in [1.165, 1.54) is 12.8 Å². The zero-order chi connectivity index (χ0) is 10.8. The second-order valence-corrected chi connectivity index (χ2v) is 5.00. The molecule has 1 amide bonds. The molecule has 0 N–H and O–H groups in total. The molecule has 0 aromatic carbocycles. The summed E-state index contributed by atoms with van der Waals surface area (Å²) in [5.74, 6) is 0.671. The van der Waals surface area contributed by atoms with E-state index in [1.807, 2.05) is 4.90 Å². The Balaban J connectivity index is 1.97. The van der Waals surface area contributed by atoms with E-state index in [2.05, 4.69) is 11.9 Å². The smallest absolute Gasteiger partial charge is 0.223 e. The van der Waals surface area contributed by atoms with Gasteiger partial charge in [-0.2, -0.15) is 0 Å². The molecule has 2 heterocycles. The van der Waals surface area contributed by atoms with E-state index in [1.54, 1.807) is 0 Å². The number of likely N-dealkylation sites (N-methyl/N-ethyl adjacent to an activating group) is 1. The molecular weight excluding hydrogens is 212 g/mol. The van der Waals surface area contributed by atoms with Gasteiger partial charge in [0.25, 0.3) is 0 Å². The minimum absolute atomic E-state index is 0.228. The van der Waals surface area contributed by atoms with E-state index in [-0.39, 0.29) is 5.91 Å². The van der Waals surface area contributed by atoms with Crippen molar-refractivity contribution in [1.29, 1.82) is 0 Å². The highest BCUT2D eigenvalue weighted by atomic mass is 35.5. The van der Waals surface area contributed by atoms with Crippen molar-refractivity contribution >= 4 is 17.5 Å². The topological polar surface area (TPSA) is 23.6 Å². The molecule has 2 fully saturated rings. The Morgan fingerprint density at radius 3 is 2.80 bits per heavy atom. The molecule has 0 aliphatic carbocycles. The van der Waals surface area contributed by atoms with E-state index in [0.717, 1.165) is 19.5 Å². The molecule has 15 heavy (non-hydrogen) atoms. The van der Waals surface area contributed by atoms with Crippen molar-refractivity contribution in [1.82, 2.24) is 9.80 Å². The summed E-state index contributed by atoms with van der Waals surface area (Å²) in [7, 11) is 2.19. The number of amides is 1. The predicted octanol–water partition coefficient (Wildman–Crippen LogP) is 1.31. The Kier molecular flexibility index (Phi) is 3.52. The van der Waals surface area contributed by atoms with Crippen molar-refractivity contribution < 1.29 is 4.79 Å². The van der Waals surface area contributed by atoms with Crippen LogP contribution in [0.3, 0.4) is 0 Å². The third-order valence-electron chi connectivity index (χ3n) is 3.81. The number of likely N-dealkylation sites (tertiary alicyclic amines) is 1. The number of hydrogen-bond donors (Lipinski definition) is 0. The highest BCUT2D eigenvalue weighted by Crippen LogP contribution is 2.28. The Hall–Kier alpha value is -0.280. The van der Waals surface area contributed by atoms with E-state index in [9.17, 15) is 4.79 Å². The number of rotatable bonds is 2. The molecule has 2 bridgehead atoms. The van der Waals surface area contributed by atoms with Crippen LogP contribution in [-0.2, 0) is 4.79 Å². The third-order valence-corrected chi connectivity index (χ3v) is 4.00. The van der Waals surface area contributed by atoms with Crippen LogP contribution in [0.1, 0.15) is 25.7 Å². The highest BCUT2D eigenvalue weighted by Gasteiger charge is 2.35. The first-order valence-electron chi connectivity index (χ1n) is 5.78. The molecule has 0 aromatic rings. The number of nitrogens with zero attached hydrogens (tertiary/aromatic N) is 2. The van der Waals surface area contributed by atoms with Gasteiger partial charge in [-0.1, -0.05) is 0 Å². The van der Waals surface area contributed by atoms with Gasteiger partial charge < -0.3 is 4.90 Å². The van der Waals surface area contributed by atoms with Crippen LogP contribution in [-0.4, -0.2) is 53.8 Å². The lowest BCUT2D eigenvalue weighted by Crippen LogP contribution is -2.39. The molecule has 0 spiro atoms. The molecule has 86 valence electrons. The van der Waals surface area contributed by atoms with Crippen LogP contribution < -0.4 is 0 Å². The average Bonchev–Trinajstić information content (AvgIpc) is 2.41. The summed E-state index contributed by atoms with van der Waals surface area (Å²) in [5, 5.41) is 0. The van der Waals surface area contributed by atoms with Crippen LogP contribution in [0.25, 0.3) is 0 Å². The van der Waals surface area contributed by atoms with Gasteiger partial charge in [-0.15, -0.1) is 11.6 Å². The summed E-state index contributed by atoms with van der Waals surface area (Å²) < 4.78 is 0. The summed E-state index contributed by atoms with van der Waals surface area (Å²) in [4.78, 5) is 16.2. The molecule has 2 aliphatic heterocycles. The molecule has 0 radical (unpaired) electrons. The fourth-order valence-corrected chi connectivity index (χ4v) is 2.94. The highest BCUT2D eigenvalue weighted by molar-refractivity contribution is 6.18. The molecule has 0 saturated carbocycles. The largest absolute Gasteiger partial charge is 0.341 e. The van der Waals surface area contributed by atoms with E-state index >= 15 is 0 Å². The van der Waals surface area contributed by atoms with E-state index in [0.29, 0.717) is 24.4 Å². The molecule has 0 aromatic heterocycles.